The van der Waals surface area contributed by atoms with Crippen molar-refractivity contribution in [2.75, 3.05) is 13.1 Å². The Hall–Kier alpha value is -0.730. The SMILES string of the molecule is CCCCCCCC(CCCCCCC)N1CCNC1=O. The second-order valence-corrected chi connectivity index (χ2v) is 6.48. The van der Waals surface area contributed by atoms with Crippen molar-refractivity contribution in [2.45, 2.75) is 96.9 Å². The summed E-state index contributed by atoms with van der Waals surface area (Å²) in [5.74, 6) is 0. The van der Waals surface area contributed by atoms with Crippen LogP contribution in [0.3, 0.4) is 0 Å². The Labute approximate surface area is 131 Å². The average Bonchev–Trinajstić information content (AvgIpc) is 2.91. The van der Waals surface area contributed by atoms with Crippen LogP contribution in [0.4, 0.5) is 4.79 Å². The highest BCUT2D eigenvalue weighted by Gasteiger charge is 2.26. The minimum atomic E-state index is 0.169. The molecule has 1 aliphatic rings. The Bertz CT molecular complexity index is 254. The Balaban J connectivity index is 2.26. The smallest absolute Gasteiger partial charge is 0.317 e. The standard InChI is InChI=1S/C18H36N2O/c1-3-5-7-9-11-13-17(14-12-10-8-6-4-2)20-16-15-19-18(20)21/h17H,3-16H2,1-2H3,(H,19,21). The average molecular weight is 296 g/mol. The van der Waals surface area contributed by atoms with Crippen LogP contribution >= 0.6 is 0 Å². The Morgan fingerprint density at radius 2 is 1.43 bits per heavy atom. The molecule has 0 aliphatic carbocycles. The molecule has 0 spiro atoms. The summed E-state index contributed by atoms with van der Waals surface area (Å²) in [6.45, 7) is 6.26. The number of hydrogen-bond donors (Lipinski definition) is 1. The summed E-state index contributed by atoms with van der Waals surface area (Å²) < 4.78 is 0. The molecule has 0 bridgehead atoms. The van der Waals surface area contributed by atoms with Gasteiger partial charge in [0.2, 0.25) is 0 Å². The molecule has 0 atom stereocenters. The summed E-state index contributed by atoms with van der Waals surface area (Å²) in [7, 11) is 0. The molecule has 1 saturated heterocycles. The Morgan fingerprint density at radius 1 is 0.905 bits per heavy atom. The van der Waals surface area contributed by atoms with E-state index in [9.17, 15) is 4.79 Å². The van der Waals surface area contributed by atoms with E-state index in [-0.39, 0.29) is 6.03 Å². The third kappa shape index (κ3) is 7.73. The van der Waals surface area contributed by atoms with Gasteiger partial charge in [-0.05, 0) is 12.8 Å². The highest BCUT2D eigenvalue weighted by Crippen LogP contribution is 2.19. The van der Waals surface area contributed by atoms with Crippen molar-refractivity contribution in [3.63, 3.8) is 0 Å². The fourth-order valence-electron chi connectivity index (χ4n) is 3.26. The molecule has 1 fully saturated rings. The lowest BCUT2D eigenvalue weighted by atomic mass is 9.99. The zero-order chi connectivity index (χ0) is 15.3. The number of nitrogens with zero attached hydrogens (tertiary/aromatic N) is 1. The molecule has 21 heavy (non-hydrogen) atoms. The second kappa shape index (κ2) is 11.9. The molecule has 0 aromatic rings. The maximum absolute atomic E-state index is 11.9. The van der Waals surface area contributed by atoms with Gasteiger partial charge in [-0.25, -0.2) is 4.79 Å². The molecule has 3 heteroatoms. The number of nitrogens with one attached hydrogen (secondary N) is 1. The molecular formula is C18H36N2O. The van der Waals surface area contributed by atoms with Gasteiger partial charge in [-0.2, -0.15) is 0 Å². The Morgan fingerprint density at radius 3 is 1.86 bits per heavy atom. The summed E-state index contributed by atoms with van der Waals surface area (Å²) in [6, 6.07) is 0.651. The van der Waals surface area contributed by atoms with Crippen molar-refractivity contribution in [1.82, 2.24) is 10.2 Å². The monoisotopic (exact) mass is 296 g/mol. The lowest BCUT2D eigenvalue weighted by Crippen LogP contribution is -2.38. The van der Waals surface area contributed by atoms with Gasteiger partial charge in [-0.1, -0.05) is 78.1 Å². The first kappa shape index (κ1) is 18.3. The summed E-state index contributed by atoms with van der Waals surface area (Å²) >= 11 is 0. The van der Waals surface area contributed by atoms with E-state index in [1.54, 1.807) is 0 Å². The van der Waals surface area contributed by atoms with Gasteiger partial charge in [0.05, 0.1) is 0 Å². The van der Waals surface area contributed by atoms with Gasteiger partial charge in [0.15, 0.2) is 0 Å². The summed E-state index contributed by atoms with van der Waals surface area (Å²) in [5, 5.41) is 2.96. The predicted molar refractivity (Wildman–Crippen MR) is 90.6 cm³/mol. The zero-order valence-electron chi connectivity index (χ0n) is 14.3. The lowest BCUT2D eigenvalue weighted by molar-refractivity contribution is 0.187. The van der Waals surface area contributed by atoms with Gasteiger partial charge in [-0.15, -0.1) is 0 Å². The van der Waals surface area contributed by atoms with Crippen LogP contribution in [0.25, 0.3) is 0 Å². The van der Waals surface area contributed by atoms with Crippen molar-refractivity contribution in [2.24, 2.45) is 0 Å². The van der Waals surface area contributed by atoms with Gasteiger partial charge in [0, 0.05) is 19.1 Å². The van der Waals surface area contributed by atoms with Crippen LogP contribution in [0.5, 0.6) is 0 Å². The number of amides is 2. The zero-order valence-corrected chi connectivity index (χ0v) is 14.3. The molecule has 0 aromatic heterocycles. The summed E-state index contributed by atoms with van der Waals surface area (Å²) in [4.78, 5) is 14.0. The fourth-order valence-corrected chi connectivity index (χ4v) is 3.26. The quantitative estimate of drug-likeness (QED) is 0.471. The molecule has 124 valence electrons. The molecular weight excluding hydrogens is 260 g/mol. The lowest BCUT2D eigenvalue weighted by Gasteiger charge is -2.27. The van der Waals surface area contributed by atoms with Crippen molar-refractivity contribution in [3.8, 4) is 0 Å². The van der Waals surface area contributed by atoms with Gasteiger partial charge < -0.3 is 10.2 Å². The fraction of sp³-hybridized carbons (Fsp3) is 0.944. The number of hydrogen-bond acceptors (Lipinski definition) is 1. The molecule has 0 saturated carbocycles. The molecule has 0 aromatic carbocycles. The normalized spacial score (nSPS) is 15.0. The van der Waals surface area contributed by atoms with Crippen LogP contribution in [0, 0.1) is 0 Å². The van der Waals surface area contributed by atoms with Gasteiger partial charge in [0.1, 0.15) is 0 Å². The molecule has 1 rings (SSSR count). The van der Waals surface area contributed by atoms with Crippen molar-refractivity contribution in [3.05, 3.63) is 0 Å². The molecule has 2 amide bonds. The summed E-state index contributed by atoms with van der Waals surface area (Å²) in [5.41, 5.74) is 0. The van der Waals surface area contributed by atoms with Crippen LogP contribution in [0.15, 0.2) is 0 Å². The topological polar surface area (TPSA) is 32.3 Å². The molecule has 0 radical (unpaired) electrons. The van der Waals surface area contributed by atoms with Gasteiger partial charge in [0.25, 0.3) is 0 Å². The van der Waals surface area contributed by atoms with Crippen LogP contribution in [0.2, 0.25) is 0 Å². The summed E-state index contributed by atoms with van der Waals surface area (Å²) in [6.07, 6.45) is 15.6. The second-order valence-electron chi connectivity index (χ2n) is 6.48. The highest BCUT2D eigenvalue weighted by molar-refractivity contribution is 5.76. The third-order valence-electron chi connectivity index (χ3n) is 4.61. The number of rotatable bonds is 13. The van der Waals surface area contributed by atoms with Crippen molar-refractivity contribution in [1.29, 1.82) is 0 Å². The largest absolute Gasteiger partial charge is 0.336 e. The van der Waals surface area contributed by atoms with E-state index in [1.165, 1.54) is 77.0 Å². The first-order chi connectivity index (χ1) is 10.3. The van der Waals surface area contributed by atoms with E-state index in [1.807, 2.05) is 0 Å². The van der Waals surface area contributed by atoms with E-state index in [4.69, 9.17) is 0 Å². The van der Waals surface area contributed by atoms with E-state index in [0.717, 1.165) is 13.1 Å². The molecule has 1 N–H and O–H groups in total. The van der Waals surface area contributed by atoms with E-state index >= 15 is 0 Å². The van der Waals surface area contributed by atoms with Crippen LogP contribution in [-0.4, -0.2) is 30.1 Å². The first-order valence-electron chi connectivity index (χ1n) is 9.34. The number of carbonyl (C=O) groups is 1. The maximum atomic E-state index is 11.9. The molecule has 0 unspecified atom stereocenters. The number of urea groups is 1. The minimum Gasteiger partial charge on any atom is -0.336 e. The van der Waals surface area contributed by atoms with Gasteiger partial charge >= 0.3 is 6.03 Å². The van der Waals surface area contributed by atoms with Crippen LogP contribution in [-0.2, 0) is 0 Å². The Kier molecular flexibility index (Phi) is 10.4. The molecule has 3 nitrogen and oxygen atoms in total. The van der Waals surface area contributed by atoms with E-state index < -0.39 is 0 Å². The third-order valence-corrected chi connectivity index (χ3v) is 4.61. The maximum Gasteiger partial charge on any atom is 0.317 e. The van der Waals surface area contributed by atoms with E-state index in [0.29, 0.717) is 6.04 Å². The van der Waals surface area contributed by atoms with Crippen molar-refractivity contribution < 1.29 is 4.79 Å². The highest BCUT2D eigenvalue weighted by atomic mass is 16.2. The number of unbranched alkanes of at least 4 members (excludes halogenated alkanes) is 8. The van der Waals surface area contributed by atoms with Crippen LogP contribution in [0.1, 0.15) is 90.9 Å². The molecule has 1 heterocycles. The minimum absolute atomic E-state index is 0.169. The first-order valence-corrected chi connectivity index (χ1v) is 9.34. The number of carbonyl (C=O) groups excluding carboxylic acids is 1. The van der Waals surface area contributed by atoms with Crippen LogP contribution < -0.4 is 5.32 Å². The predicted octanol–water partition coefficient (Wildman–Crippen LogP) is 5.10. The van der Waals surface area contributed by atoms with Gasteiger partial charge in [-0.3, -0.25) is 0 Å². The van der Waals surface area contributed by atoms with E-state index in [2.05, 4.69) is 24.1 Å². The van der Waals surface area contributed by atoms with Crippen molar-refractivity contribution >= 4 is 6.03 Å². The molecule has 1 aliphatic heterocycles.